The molecule has 0 aliphatic carbocycles. The number of benzene rings is 3. The van der Waals surface area contributed by atoms with Crippen LogP contribution in [0.25, 0.3) is 0 Å². The van der Waals surface area contributed by atoms with Crippen molar-refractivity contribution < 1.29 is 26.3 Å². The van der Waals surface area contributed by atoms with Crippen LogP contribution in [0.2, 0.25) is 5.02 Å². The Labute approximate surface area is 207 Å². The minimum absolute atomic E-state index is 0.116. The molecule has 10 heteroatoms. The van der Waals surface area contributed by atoms with Gasteiger partial charge in [-0.25, -0.2) is 21.6 Å². The summed E-state index contributed by atoms with van der Waals surface area (Å²) < 4.78 is 73.8. The third kappa shape index (κ3) is 6.05. The molecule has 1 aliphatic rings. The first-order valence-electron chi connectivity index (χ1n) is 11.0. The van der Waals surface area contributed by atoms with Crippen LogP contribution >= 0.6 is 11.6 Å². The highest BCUT2D eigenvalue weighted by atomic mass is 35.5. The molecule has 0 saturated carbocycles. The highest BCUT2D eigenvalue weighted by Crippen LogP contribution is 2.28. The van der Waals surface area contributed by atoms with E-state index >= 15 is 0 Å². The van der Waals surface area contributed by atoms with Gasteiger partial charge in [0.1, 0.15) is 16.8 Å². The third-order valence-electron chi connectivity index (χ3n) is 5.88. The van der Waals surface area contributed by atoms with Crippen LogP contribution in [0.15, 0.2) is 71.6 Å². The normalized spacial score (nSPS) is 16.3. The quantitative estimate of drug-likeness (QED) is 0.422. The molecule has 3 aromatic carbocycles. The van der Waals surface area contributed by atoms with E-state index in [1.807, 2.05) is 30.3 Å². The minimum Gasteiger partial charge on any atom is -0.367 e. The summed E-state index contributed by atoms with van der Waals surface area (Å²) in [7, 11) is -3.84. The maximum Gasteiger partial charge on any atom is 0.244 e. The number of rotatable bonds is 8. The van der Waals surface area contributed by atoms with Crippen molar-refractivity contribution in [3.8, 4) is 0 Å². The Bertz CT molecular complexity index is 1270. The number of piperazine rings is 1. The van der Waals surface area contributed by atoms with Crippen molar-refractivity contribution in [1.82, 2.24) is 9.21 Å². The van der Waals surface area contributed by atoms with Crippen LogP contribution < -0.4 is 0 Å². The zero-order valence-electron chi connectivity index (χ0n) is 18.7. The van der Waals surface area contributed by atoms with Gasteiger partial charge in [-0.2, -0.15) is 4.31 Å². The molecule has 1 fully saturated rings. The van der Waals surface area contributed by atoms with Crippen molar-refractivity contribution >= 4 is 21.6 Å². The topological polar surface area (TPSA) is 49.9 Å². The van der Waals surface area contributed by atoms with Gasteiger partial charge in [0.2, 0.25) is 10.0 Å². The van der Waals surface area contributed by atoms with Crippen molar-refractivity contribution in [3.63, 3.8) is 0 Å². The standard InChI is InChI=1S/C25H24ClF3N2O3S/c26-21-17-20(27)7-9-24(21)35(32,33)31-12-10-30(11-13-31)14-15-34-25(18-4-2-1-3-5-18)19-6-8-22(28)23(29)16-19/h1-9,16-17,25H,10-15H2/t25-/m1/s1. The van der Waals surface area contributed by atoms with Gasteiger partial charge >= 0.3 is 0 Å². The highest BCUT2D eigenvalue weighted by Gasteiger charge is 2.30. The molecular formula is C25H24ClF3N2O3S. The molecule has 0 N–H and O–H groups in total. The van der Waals surface area contributed by atoms with Crippen molar-refractivity contribution in [2.75, 3.05) is 39.3 Å². The second-order valence-corrected chi connectivity index (χ2v) is 10.5. The van der Waals surface area contributed by atoms with Crippen LogP contribution in [0.5, 0.6) is 0 Å². The SMILES string of the molecule is O=S(=O)(c1ccc(F)cc1Cl)N1CCN(CCO[C@H](c2ccccc2)c2ccc(F)c(F)c2)CC1. The van der Waals surface area contributed by atoms with E-state index in [2.05, 4.69) is 4.90 Å². The van der Waals surface area contributed by atoms with Gasteiger partial charge < -0.3 is 4.74 Å². The lowest BCUT2D eigenvalue weighted by atomic mass is 10.0. The summed E-state index contributed by atoms with van der Waals surface area (Å²) in [6.45, 7) is 2.28. The summed E-state index contributed by atoms with van der Waals surface area (Å²) >= 11 is 5.96. The number of hydrogen-bond acceptors (Lipinski definition) is 4. The monoisotopic (exact) mass is 524 g/mol. The van der Waals surface area contributed by atoms with E-state index in [0.29, 0.717) is 31.8 Å². The predicted molar refractivity (Wildman–Crippen MR) is 127 cm³/mol. The molecule has 3 aromatic rings. The van der Waals surface area contributed by atoms with E-state index in [1.165, 1.54) is 16.4 Å². The number of halogens is 4. The molecule has 1 aliphatic heterocycles. The minimum atomic E-state index is -3.84. The van der Waals surface area contributed by atoms with Gasteiger partial charge in [0, 0.05) is 32.7 Å². The molecule has 0 amide bonds. The summed E-state index contributed by atoms with van der Waals surface area (Å²) in [6.07, 6.45) is -0.575. The zero-order chi connectivity index (χ0) is 25.0. The fourth-order valence-electron chi connectivity index (χ4n) is 4.00. The molecule has 186 valence electrons. The molecule has 0 radical (unpaired) electrons. The molecular weight excluding hydrogens is 501 g/mol. The largest absolute Gasteiger partial charge is 0.367 e. The molecule has 1 atom stereocenters. The first-order chi connectivity index (χ1) is 16.8. The van der Waals surface area contributed by atoms with Gasteiger partial charge in [0.05, 0.1) is 11.6 Å². The molecule has 0 unspecified atom stereocenters. The Kier molecular flexibility index (Phi) is 8.13. The summed E-state index contributed by atoms with van der Waals surface area (Å²) in [4.78, 5) is 1.94. The van der Waals surface area contributed by atoms with Gasteiger partial charge in [-0.05, 0) is 41.5 Å². The van der Waals surface area contributed by atoms with Gasteiger partial charge in [0.15, 0.2) is 11.6 Å². The second-order valence-electron chi connectivity index (χ2n) is 8.16. The van der Waals surface area contributed by atoms with E-state index in [-0.39, 0.29) is 23.0 Å². The molecule has 0 bridgehead atoms. The first kappa shape index (κ1) is 25.7. The Hall–Kier alpha value is -2.43. The molecule has 1 saturated heterocycles. The zero-order valence-corrected chi connectivity index (χ0v) is 20.3. The Morgan fingerprint density at radius 2 is 1.57 bits per heavy atom. The number of hydrogen-bond donors (Lipinski definition) is 0. The van der Waals surface area contributed by atoms with Crippen LogP contribution in [0.1, 0.15) is 17.2 Å². The summed E-state index contributed by atoms with van der Waals surface area (Å²) in [5.41, 5.74) is 1.31. The Balaban J connectivity index is 1.36. The summed E-state index contributed by atoms with van der Waals surface area (Å²) in [6, 6.07) is 16.2. The lowest BCUT2D eigenvalue weighted by Gasteiger charge is -2.34. The average molecular weight is 525 g/mol. The van der Waals surface area contributed by atoms with Crippen LogP contribution in [0.4, 0.5) is 13.2 Å². The molecule has 35 heavy (non-hydrogen) atoms. The number of sulfonamides is 1. The van der Waals surface area contributed by atoms with E-state index in [9.17, 15) is 21.6 Å². The van der Waals surface area contributed by atoms with E-state index in [1.54, 1.807) is 0 Å². The van der Waals surface area contributed by atoms with Crippen LogP contribution in [0.3, 0.4) is 0 Å². The van der Waals surface area contributed by atoms with Crippen LogP contribution in [-0.2, 0) is 14.8 Å². The summed E-state index contributed by atoms with van der Waals surface area (Å²) in [5.74, 6) is -2.46. The molecule has 5 nitrogen and oxygen atoms in total. The van der Waals surface area contributed by atoms with Crippen molar-refractivity contribution in [1.29, 1.82) is 0 Å². The lowest BCUT2D eigenvalue weighted by Crippen LogP contribution is -2.49. The predicted octanol–water partition coefficient (Wildman–Crippen LogP) is 4.87. The van der Waals surface area contributed by atoms with Gasteiger partial charge in [-0.15, -0.1) is 0 Å². The van der Waals surface area contributed by atoms with Gasteiger partial charge in [-0.3, -0.25) is 4.90 Å². The first-order valence-corrected chi connectivity index (χ1v) is 12.9. The van der Waals surface area contributed by atoms with Crippen molar-refractivity contribution in [2.24, 2.45) is 0 Å². The fraction of sp³-hybridized carbons (Fsp3) is 0.280. The molecule has 0 aromatic heterocycles. The summed E-state index contributed by atoms with van der Waals surface area (Å²) in [5, 5.41) is -0.148. The third-order valence-corrected chi connectivity index (χ3v) is 8.27. The van der Waals surface area contributed by atoms with Gasteiger partial charge in [0.25, 0.3) is 0 Å². The van der Waals surface area contributed by atoms with Crippen molar-refractivity contribution in [2.45, 2.75) is 11.0 Å². The fourth-order valence-corrected chi connectivity index (χ4v) is 5.93. The van der Waals surface area contributed by atoms with Crippen LogP contribution in [0, 0.1) is 17.5 Å². The average Bonchev–Trinajstić information content (AvgIpc) is 2.84. The molecule has 4 rings (SSSR count). The Morgan fingerprint density at radius 3 is 2.23 bits per heavy atom. The lowest BCUT2D eigenvalue weighted by molar-refractivity contribution is 0.0525. The van der Waals surface area contributed by atoms with E-state index in [0.717, 1.165) is 29.8 Å². The number of ether oxygens (including phenoxy) is 1. The maximum absolute atomic E-state index is 13.8. The second kappa shape index (κ2) is 11.1. The maximum atomic E-state index is 13.8. The van der Waals surface area contributed by atoms with E-state index < -0.39 is 33.6 Å². The van der Waals surface area contributed by atoms with Gasteiger partial charge in [-0.1, -0.05) is 48.0 Å². The van der Waals surface area contributed by atoms with E-state index in [4.69, 9.17) is 16.3 Å². The smallest absolute Gasteiger partial charge is 0.244 e. The van der Waals surface area contributed by atoms with Crippen LogP contribution in [-0.4, -0.2) is 57.0 Å². The highest BCUT2D eigenvalue weighted by molar-refractivity contribution is 7.89. The van der Waals surface area contributed by atoms with Crippen molar-refractivity contribution in [3.05, 3.63) is 100 Å². The Morgan fingerprint density at radius 1 is 0.857 bits per heavy atom. The molecule has 1 heterocycles. The molecule has 0 spiro atoms. The number of nitrogens with zero attached hydrogens (tertiary/aromatic N) is 2.